The summed E-state index contributed by atoms with van der Waals surface area (Å²) in [5.74, 6) is 0.0683. The average Bonchev–Trinajstić information content (AvgIpc) is 3.23. The number of hydrogen-bond donors (Lipinski definition) is 2. The Balaban J connectivity index is 1.55. The van der Waals surface area contributed by atoms with Crippen LogP contribution in [0.2, 0.25) is 0 Å². The molecule has 2 N–H and O–H groups in total. The molecule has 0 spiro atoms. The molecule has 0 aliphatic rings. The number of amides is 1. The Morgan fingerprint density at radius 2 is 1.93 bits per heavy atom. The summed E-state index contributed by atoms with van der Waals surface area (Å²) in [6.07, 6.45) is 4.80. The molecule has 150 valence electrons. The van der Waals surface area contributed by atoms with Crippen molar-refractivity contribution in [2.75, 3.05) is 6.61 Å². The van der Waals surface area contributed by atoms with E-state index in [1.165, 1.54) is 18.3 Å². The maximum absolute atomic E-state index is 12.9. The van der Waals surface area contributed by atoms with E-state index in [2.05, 4.69) is 27.6 Å². The summed E-state index contributed by atoms with van der Waals surface area (Å²) in [5, 5.41) is 10.8. The van der Waals surface area contributed by atoms with Gasteiger partial charge in [-0.05, 0) is 54.4 Å². The monoisotopic (exact) mass is 394 g/mol. The second-order valence-electron chi connectivity index (χ2n) is 6.50. The zero-order valence-corrected chi connectivity index (χ0v) is 16.2. The van der Waals surface area contributed by atoms with Crippen molar-refractivity contribution in [3.8, 4) is 17.0 Å². The zero-order chi connectivity index (χ0) is 20.5. The number of carbonyl (C=O) groups excluding carboxylic acids is 1. The molecule has 7 heteroatoms. The SMILES string of the molecule is CCCCCOc1ccc(-c2cc(C(=O)N/N=C\c3ccc(F)cc3)[nH]n2)cc1. The summed E-state index contributed by atoms with van der Waals surface area (Å²) >= 11 is 0. The Hall–Kier alpha value is -3.48. The van der Waals surface area contributed by atoms with Crippen molar-refractivity contribution in [2.24, 2.45) is 5.10 Å². The molecule has 0 bridgehead atoms. The number of aromatic nitrogens is 2. The number of benzene rings is 2. The van der Waals surface area contributed by atoms with Crippen LogP contribution in [-0.4, -0.2) is 28.9 Å². The van der Waals surface area contributed by atoms with Crippen molar-refractivity contribution in [3.63, 3.8) is 0 Å². The van der Waals surface area contributed by atoms with E-state index in [9.17, 15) is 9.18 Å². The molecule has 0 aliphatic heterocycles. The first-order valence-electron chi connectivity index (χ1n) is 9.53. The molecule has 3 rings (SSSR count). The maximum atomic E-state index is 12.9. The molecule has 0 atom stereocenters. The quantitative estimate of drug-likeness (QED) is 0.317. The Kier molecular flexibility index (Phi) is 7.10. The molecule has 3 aromatic rings. The minimum atomic E-state index is -0.419. The third kappa shape index (κ3) is 6.00. The van der Waals surface area contributed by atoms with E-state index in [-0.39, 0.29) is 11.5 Å². The number of carbonyl (C=O) groups is 1. The van der Waals surface area contributed by atoms with Gasteiger partial charge < -0.3 is 4.74 Å². The van der Waals surface area contributed by atoms with Crippen LogP contribution in [0.1, 0.15) is 42.2 Å². The van der Waals surface area contributed by atoms with E-state index in [4.69, 9.17) is 4.74 Å². The zero-order valence-electron chi connectivity index (χ0n) is 16.2. The van der Waals surface area contributed by atoms with Gasteiger partial charge >= 0.3 is 0 Å². The lowest BCUT2D eigenvalue weighted by Crippen LogP contribution is -2.17. The van der Waals surface area contributed by atoms with E-state index in [0.717, 1.165) is 30.6 Å². The van der Waals surface area contributed by atoms with Gasteiger partial charge in [-0.1, -0.05) is 31.9 Å². The molecule has 1 amide bonds. The summed E-state index contributed by atoms with van der Waals surface area (Å²) in [6.45, 7) is 2.86. The Bertz CT molecular complexity index is 950. The van der Waals surface area contributed by atoms with Crippen LogP contribution in [0.4, 0.5) is 4.39 Å². The van der Waals surface area contributed by atoms with Gasteiger partial charge in [0.05, 0.1) is 18.5 Å². The van der Waals surface area contributed by atoms with Crippen molar-refractivity contribution in [1.82, 2.24) is 15.6 Å². The molecule has 0 saturated carbocycles. The number of unbranched alkanes of at least 4 members (excludes halogenated alkanes) is 2. The van der Waals surface area contributed by atoms with Gasteiger partial charge in [0.15, 0.2) is 0 Å². The summed E-state index contributed by atoms with van der Waals surface area (Å²) < 4.78 is 18.6. The van der Waals surface area contributed by atoms with Gasteiger partial charge in [0, 0.05) is 5.56 Å². The number of hydrazone groups is 1. The number of nitrogens with zero attached hydrogens (tertiary/aromatic N) is 2. The van der Waals surface area contributed by atoms with Crippen LogP contribution >= 0.6 is 0 Å². The number of H-pyrrole nitrogens is 1. The lowest BCUT2D eigenvalue weighted by molar-refractivity contribution is 0.0950. The molecule has 0 saturated heterocycles. The van der Waals surface area contributed by atoms with Crippen LogP contribution in [-0.2, 0) is 0 Å². The number of aromatic amines is 1. The summed E-state index contributed by atoms with van der Waals surface area (Å²) in [5.41, 5.74) is 4.90. The van der Waals surface area contributed by atoms with Crippen molar-refractivity contribution < 1.29 is 13.9 Å². The first-order valence-corrected chi connectivity index (χ1v) is 9.53. The van der Waals surface area contributed by atoms with Gasteiger partial charge in [0.1, 0.15) is 17.3 Å². The highest BCUT2D eigenvalue weighted by atomic mass is 19.1. The van der Waals surface area contributed by atoms with Crippen molar-refractivity contribution in [1.29, 1.82) is 0 Å². The average molecular weight is 394 g/mol. The van der Waals surface area contributed by atoms with Crippen LogP contribution in [0, 0.1) is 5.82 Å². The largest absolute Gasteiger partial charge is 0.494 e. The number of ether oxygens (including phenoxy) is 1. The molecular formula is C22H23FN4O2. The smallest absolute Gasteiger partial charge is 0.289 e. The molecule has 1 heterocycles. The van der Waals surface area contributed by atoms with Gasteiger partial charge in [-0.3, -0.25) is 9.89 Å². The Morgan fingerprint density at radius 1 is 1.17 bits per heavy atom. The van der Waals surface area contributed by atoms with Gasteiger partial charge in [0.25, 0.3) is 5.91 Å². The van der Waals surface area contributed by atoms with Crippen LogP contribution in [0.15, 0.2) is 59.7 Å². The Labute approximate surface area is 168 Å². The third-order valence-corrected chi connectivity index (χ3v) is 4.24. The fourth-order valence-corrected chi connectivity index (χ4v) is 2.62. The second-order valence-corrected chi connectivity index (χ2v) is 6.50. The van der Waals surface area contributed by atoms with E-state index in [1.54, 1.807) is 18.2 Å². The highest BCUT2D eigenvalue weighted by molar-refractivity contribution is 5.94. The van der Waals surface area contributed by atoms with Gasteiger partial charge in [-0.25, -0.2) is 9.82 Å². The lowest BCUT2D eigenvalue weighted by Gasteiger charge is -2.06. The van der Waals surface area contributed by atoms with Crippen LogP contribution in [0.25, 0.3) is 11.3 Å². The molecule has 0 radical (unpaired) electrons. The number of rotatable bonds is 9. The molecular weight excluding hydrogens is 371 g/mol. The molecule has 1 aromatic heterocycles. The molecule has 0 fully saturated rings. The molecule has 29 heavy (non-hydrogen) atoms. The fraction of sp³-hybridized carbons (Fsp3) is 0.227. The third-order valence-electron chi connectivity index (χ3n) is 4.24. The fourth-order valence-electron chi connectivity index (χ4n) is 2.62. The molecule has 2 aromatic carbocycles. The Morgan fingerprint density at radius 3 is 2.66 bits per heavy atom. The normalized spacial score (nSPS) is 11.0. The van der Waals surface area contributed by atoms with Crippen molar-refractivity contribution in [2.45, 2.75) is 26.2 Å². The van der Waals surface area contributed by atoms with E-state index >= 15 is 0 Å². The molecule has 6 nitrogen and oxygen atoms in total. The minimum Gasteiger partial charge on any atom is -0.494 e. The van der Waals surface area contributed by atoms with E-state index in [1.807, 2.05) is 24.3 Å². The second kappa shape index (κ2) is 10.2. The topological polar surface area (TPSA) is 79.4 Å². The summed E-state index contributed by atoms with van der Waals surface area (Å²) in [6, 6.07) is 15.0. The van der Waals surface area contributed by atoms with Gasteiger partial charge in [-0.2, -0.15) is 10.2 Å². The summed E-state index contributed by atoms with van der Waals surface area (Å²) in [7, 11) is 0. The van der Waals surface area contributed by atoms with E-state index < -0.39 is 5.91 Å². The van der Waals surface area contributed by atoms with Crippen LogP contribution < -0.4 is 10.2 Å². The maximum Gasteiger partial charge on any atom is 0.289 e. The summed E-state index contributed by atoms with van der Waals surface area (Å²) in [4.78, 5) is 12.2. The standard InChI is InChI=1S/C22H23FN4O2/c1-2-3-4-13-29-19-11-7-17(8-12-19)20-14-21(26-25-20)22(28)27-24-15-16-5-9-18(23)10-6-16/h5-12,14-15H,2-4,13H2,1H3,(H,25,26)(H,27,28)/b24-15-. The van der Waals surface area contributed by atoms with E-state index in [0.29, 0.717) is 17.9 Å². The number of hydrogen-bond acceptors (Lipinski definition) is 4. The van der Waals surface area contributed by atoms with Crippen LogP contribution in [0.3, 0.4) is 0 Å². The number of halogens is 1. The lowest BCUT2D eigenvalue weighted by atomic mass is 10.1. The highest BCUT2D eigenvalue weighted by Gasteiger charge is 2.10. The number of nitrogens with one attached hydrogen (secondary N) is 2. The molecule has 0 aliphatic carbocycles. The highest BCUT2D eigenvalue weighted by Crippen LogP contribution is 2.21. The van der Waals surface area contributed by atoms with Gasteiger partial charge in [-0.15, -0.1) is 0 Å². The molecule has 0 unspecified atom stereocenters. The predicted octanol–water partition coefficient (Wildman–Crippen LogP) is 4.55. The van der Waals surface area contributed by atoms with Crippen molar-refractivity contribution >= 4 is 12.1 Å². The minimum absolute atomic E-state index is 0.288. The van der Waals surface area contributed by atoms with Gasteiger partial charge in [0.2, 0.25) is 0 Å². The first kappa shape index (κ1) is 20.3. The van der Waals surface area contributed by atoms with Crippen molar-refractivity contribution in [3.05, 3.63) is 71.7 Å². The first-order chi connectivity index (χ1) is 14.2. The van der Waals surface area contributed by atoms with Crippen LogP contribution in [0.5, 0.6) is 5.75 Å². The predicted molar refractivity (Wildman–Crippen MR) is 111 cm³/mol.